The van der Waals surface area contributed by atoms with Gasteiger partial charge in [-0.15, -0.1) is 0 Å². The van der Waals surface area contributed by atoms with Crippen molar-refractivity contribution in [3.05, 3.63) is 46.2 Å². The summed E-state index contributed by atoms with van der Waals surface area (Å²) in [5.74, 6) is 0.438. The van der Waals surface area contributed by atoms with Crippen LogP contribution in [-0.4, -0.2) is 69.8 Å². The fraction of sp³-hybridized carbons (Fsp3) is 0.478. The highest BCUT2D eigenvalue weighted by molar-refractivity contribution is 6.34. The number of anilines is 2. The van der Waals surface area contributed by atoms with Gasteiger partial charge >= 0.3 is 0 Å². The van der Waals surface area contributed by atoms with Gasteiger partial charge in [-0.25, -0.2) is 9.97 Å². The molecule has 2 amide bonds. The Kier molecular flexibility index (Phi) is 6.62. The van der Waals surface area contributed by atoms with E-state index in [1.807, 2.05) is 26.8 Å². The van der Waals surface area contributed by atoms with E-state index in [9.17, 15) is 9.59 Å². The van der Waals surface area contributed by atoms with E-state index in [1.54, 1.807) is 23.1 Å². The highest BCUT2D eigenvalue weighted by atomic mass is 35.5. The van der Waals surface area contributed by atoms with Crippen molar-refractivity contribution in [3.8, 4) is 0 Å². The standard InChI is InChI=1S/C23H29ClN6O2/c1-14-12-15(2)26-23(25-14)28-18-6-7-20(24)19(13-18)22(32)30-10-8-29(9-11-30)16(3)21(31)27-17-4-5-17/h6-7,12-13,16-17H,4-5,8-11H2,1-3H3,(H,27,31)(H,25,26,28)/t16-/m0/s1. The molecule has 1 saturated carbocycles. The fourth-order valence-corrected chi connectivity index (χ4v) is 4.07. The summed E-state index contributed by atoms with van der Waals surface area (Å²) in [4.78, 5) is 38.2. The van der Waals surface area contributed by atoms with Crippen molar-refractivity contribution in [3.63, 3.8) is 0 Å². The van der Waals surface area contributed by atoms with E-state index in [2.05, 4.69) is 25.5 Å². The SMILES string of the molecule is Cc1cc(C)nc(Nc2ccc(Cl)c(C(=O)N3CCN([C@@H](C)C(=O)NC4CC4)CC3)c2)n1. The average molecular weight is 457 g/mol. The molecule has 0 radical (unpaired) electrons. The second kappa shape index (κ2) is 9.42. The maximum absolute atomic E-state index is 13.2. The summed E-state index contributed by atoms with van der Waals surface area (Å²) in [5.41, 5.74) is 2.87. The molecular formula is C23H29ClN6O2. The van der Waals surface area contributed by atoms with E-state index < -0.39 is 0 Å². The molecule has 1 saturated heterocycles. The van der Waals surface area contributed by atoms with Crippen molar-refractivity contribution in [2.75, 3.05) is 31.5 Å². The molecule has 2 aromatic rings. The van der Waals surface area contributed by atoms with Gasteiger partial charge < -0.3 is 15.5 Å². The molecule has 8 nitrogen and oxygen atoms in total. The third-order valence-corrected chi connectivity index (χ3v) is 6.22. The maximum atomic E-state index is 13.2. The Morgan fingerprint density at radius 3 is 2.34 bits per heavy atom. The molecule has 2 aliphatic rings. The third kappa shape index (κ3) is 5.37. The minimum Gasteiger partial charge on any atom is -0.352 e. The van der Waals surface area contributed by atoms with Crippen LogP contribution in [0.1, 0.15) is 41.5 Å². The highest BCUT2D eigenvalue weighted by Gasteiger charge is 2.31. The Morgan fingerprint density at radius 2 is 1.72 bits per heavy atom. The van der Waals surface area contributed by atoms with Crippen LogP contribution >= 0.6 is 11.6 Å². The lowest BCUT2D eigenvalue weighted by Gasteiger charge is -2.37. The molecule has 170 valence electrons. The molecule has 0 bridgehead atoms. The molecule has 9 heteroatoms. The number of amides is 2. The maximum Gasteiger partial charge on any atom is 0.255 e. The van der Waals surface area contributed by atoms with Crippen molar-refractivity contribution in [1.29, 1.82) is 0 Å². The zero-order chi connectivity index (χ0) is 22.8. The van der Waals surface area contributed by atoms with Gasteiger partial charge in [-0.3, -0.25) is 14.5 Å². The first-order chi connectivity index (χ1) is 15.3. The van der Waals surface area contributed by atoms with Crippen molar-refractivity contribution in [1.82, 2.24) is 25.1 Å². The minimum absolute atomic E-state index is 0.0719. The first kappa shape index (κ1) is 22.5. The molecule has 2 heterocycles. The lowest BCUT2D eigenvalue weighted by Crippen LogP contribution is -2.55. The number of aromatic nitrogens is 2. The number of benzene rings is 1. The van der Waals surface area contributed by atoms with Gasteiger partial charge in [0.1, 0.15) is 0 Å². The van der Waals surface area contributed by atoms with Gasteiger partial charge in [0.05, 0.1) is 16.6 Å². The lowest BCUT2D eigenvalue weighted by atomic mass is 10.1. The van der Waals surface area contributed by atoms with E-state index in [-0.39, 0.29) is 17.9 Å². The van der Waals surface area contributed by atoms with Crippen LogP contribution in [0.15, 0.2) is 24.3 Å². The summed E-state index contributed by atoms with van der Waals surface area (Å²) >= 11 is 6.37. The van der Waals surface area contributed by atoms with Crippen LogP contribution in [0.25, 0.3) is 0 Å². The number of aryl methyl sites for hydroxylation is 2. The van der Waals surface area contributed by atoms with Crippen molar-refractivity contribution < 1.29 is 9.59 Å². The number of nitrogens with zero attached hydrogens (tertiary/aromatic N) is 4. The van der Waals surface area contributed by atoms with E-state index in [0.717, 1.165) is 24.2 Å². The summed E-state index contributed by atoms with van der Waals surface area (Å²) in [6, 6.07) is 7.31. The van der Waals surface area contributed by atoms with Crippen LogP contribution in [0.4, 0.5) is 11.6 Å². The van der Waals surface area contributed by atoms with Gasteiger partial charge in [-0.1, -0.05) is 11.6 Å². The van der Waals surface area contributed by atoms with Gasteiger partial charge in [0, 0.05) is 49.3 Å². The first-order valence-electron chi connectivity index (χ1n) is 11.0. The molecule has 1 aromatic heterocycles. The molecule has 2 N–H and O–H groups in total. The normalized spacial score (nSPS) is 17.7. The number of hydrogen-bond acceptors (Lipinski definition) is 6. The summed E-state index contributed by atoms with van der Waals surface area (Å²) in [6.07, 6.45) is 2.15. The zero-order valence-electron chi connectivity index (χ0n) is 18.7. The molecule has 0 spiro atoms. The van der Waals surface area contributed by atoms with Gasteiger partial charge in [0.25, 0.3) is 5.91 Å². The Morgan fingerprint density at radius 1 is 1.06 bits per heavy atom. The van der Waals surface area contributed by atoms with Gasteiger partial charge in [0.15, 0.2) is 0 Å². The number of piperazine rings is 1. The minimum atomic E-state index is -0.193. The smallest absolute Gasteiger partial charge is 0.255 e. The second-order valence-electron chi connectivity index (χ2n) is 8.58. The number of rotatable bonds is 6. The Labute approximate surface area is 193 Å². The van der Waals surface area contributed by atoms with E-state index >= 15 is 0 Å². The predicted octanol–water partition coefficient (Wildman–Crippen LogP) is 2.92. The molecule has 4 rings (SSSR count). The van der Waals surface area contributed by atoms with E-state index in [4.69, 9.17) is 11.6 Å². The average Bonchev–Trinajstić information content (AvgIpc) is 3.57. The van der Waals surface area contributed by atoms with Crippen molar-refractivity contribution >= 4 is 35.1 Å². The summed E-state index contributed by atoms with van der Waals surface area (Å²) in [6.45, 7) is 8.14. The topological polar surface area (TPSA) is 90.5 Å². The predicted molar refractivity (Wildman–Crippen MR) is 124 cm³/mol. The molecule has 2 fully saturated rings. The quantitative estimate of drug-likeness (QED) is 0.694. The molecule has 1 atom stereocenters. The largest absolute Gasteiger partial charge is 0.352 e. The molecule has 32 heavy (non-hydrogen) atoms. The van der Waals surface area contributed by atoms with Crippen LogP contribution in [0.2, 0.25) is 5.02 Å². The number of hydrogen-bond donors (Lipinski definition) is 2. The van der Waals surface area contributed by atoms with Gasteiger partial charge in [0.2, 0.25) is 11.9 Å². The third-order valence-electron chi connectivity index (χ3n) is 5.89. The summed E-state index contributed by atoms with van der Waals surface area (Å²) in [5, 5.41) is 6.62. The van der Waals surface area contributed by atoms with Crippen LogP contribution in [0.3, 0.4) is 0 Å². The van der Waals surface area contributed by atoms with Gasteiger partial charge in [-0.05, 0) is 57.9 Å². The van der Waals surface area contributed by atoms with Gasteiger partial charge in [-0.2, -0.15) is 0 Å². The molecule has 1 aliphatic carbocycles. The fourth-order valence-electron chi connectivity index (χ4n) is 3.88. The summed E-state index contributed by atoms with van der Waals surface area (Å²) in [7, 11) is 0. The van der Waals surface area contributed by atoms with Crippen LogP contribution in [0, 0.1) is 13.8 Å². The first-order valence-corrected chi connectivity index (χ1v) is 11.4. The Bertz CT molecular complexity index is 997. The Hall–Kier alpha value is -2.71. The van der Waals surface area contributed by atoms with E-state index in [1.165, 1.54) is 0 Å². The lowest BCUT2D eigenvalue weighted by molar-refractivity contribution is -0.126. The van der Waals surface area contributed by atoms with Crippen LogP contribution < -0.4 is 10.6 Å². The van der Waals surface area contributed by atoms with Crippen LogP contribution in [0.5, 0.6) is 0 Å². The number of halogens is 1. The molecule has 1 aliphatic heterocycles. The van der Waals surface area contributed by atoms with Crippen molar-refractivity contribution in [2.45, 2.75) is 45.7 Å². The zero-order valence-corrected chi connectivity index (χ0v) is 19.4. The Balaban J connectivity index is 1.39. The van der Waals surface area contributed by atoms with E-state index in [0.29, 0.717) is 54.4 Å². The second-order valence-corrected chi connectivity index (χ2v) is 8.99. The number of carbonyl (C=O) groups excluding carboxylic acids is 2. The molecule has 1 aromatic carbocycles. The summed E-state index contributed by atoms with van der Waals surface area (Å²) < 4.78 is 0. The highest BCUT2D eigenvalue weighted by Crippen LogP contribution is 2.25. The molecular weight excluding hydrogens is 428 g/mol. The monoisotopic (exact) mass is 456 g/mol. The number of carbonyl (C=O) groups is 2. The number of nitrogens with one attached hydrogen (secondary N) is 2. The molecule has 0 unspecified atom stereocenters. The van der Waals surface area contributed by atoms with Crippen molar-refractivity contribution in [2.24, 2.45) is 0 Å². The van der Waals surface area contributed by atoms with Crippen LogP contribution in [-0.2, 0) is 4.79 Å².